The van der Waals surface area contributed by atoms with Gasteiger partial charge < -0.3 is 5.32 Å². The standard InChI is InChI=1S/C16H18ClN/c1-3-15(13-8-10-14(17)11-9-13)18-16-7-5-4-6-12(16)2/h4-11,15,18H,3H2,1-2H3. The molecule has 0 aromatic heterocycles. The number of hydrogen-bond donors (Lipinski definition) is 1. The van der Waals surface area contributed by atoms with Gasteiger partial charge in [0, 0.05) is 10.7 Å². The van der Waals surface area contributed by atoms with E-state index in [-0.39, 0.29) is 0 Å². The molecule has 0 aliphatic rings. The summed E-state index contributed by atoms with van der Waals surface area (Å²) in [5.41, 5.74) is 3.73. The first kappa shape index (κ1) is 13.0. The average Bonchev–Trinajstić information content (AvgIpc) is 2.39. The minimum Gasteiger partial charge on any atom is -0.378 e. The maximum Gasteiger partial charge on any atom is 0.0511 e. The maximum atomic E-state index is 5.92. The molecular weight excluding hydrogens is 242 g/mol. The van der Waals surface area contributed by atoms with E-state index in [1.807, 2.05) is 12.1 Å². The number of anilines is 1. The fourth-order valence-corrected chi connectivity index (χ4v) is 2.16. The zero-order chi connectivity index (χ0) is 13.0. The summed E-state index contributed by atoms with van der Waals surface area (Å²) in [5.74, 6) is 0. The number of halogens is 1. The van der Waals surface area contributed by atoms with E-state index < -0.39 is 0 Å². The van der Waals surface area contributed by atoms with Gasteiger partial charge in [0.05, 0.1) is 6.04 Å². The van der Waals surface area contributed by atoms with Gasteiger partial charge in [-0.15, -0.1) is 0 Å². The molecule has 2 aromatic carbocycles. The van der Waals surface area contributed by atoms with Crippen molar-refractivity contribution in [2.75, 3.05) is 5.32 Å². The Hall–Kier alpha value is -1.47. The molecule has 18 heavy (non-hydrogen) atoms. The van der Waals surface area contributed by atoms with Crippen LogP contribution in [0.4, 0.5) is 5.69 Å². The van der Waals surface area contributed by atoms with Crippen LogP contribution in [0.15, 0.2) is 48.5 Å². The Balaban J connectivity index is 2.20. The van der Waals surface area contributed by atoms with Gasteiger partial charge in [-0.1, -0.05) is 48.9 Å². The van der Waals surface area contributed by atoms with Crippen molar-refractivity contribution in [3.05, 3.63) is 64.7 Å². The average molecular weight is 260 g/mol. The van der Waals surface area contributed by atoms with Crippen molar-refractivity contribution in [1.29, 1.82) is 0 Å². The molecular formula is C16H18ClN. The lowest BCUT2D eigenvalue weighted by Crippen LogP contribution is -2.10. The first-order chi connectivity index (χ1) is 8.70. The molecule has 2 rings (SSSR count). The Morgan fingerprint density at radius 3 is 2.33 bits per heavy atom. The molecule has 2 heteroatoms. The number of aryl methyl sites for hydroxylation is 1. The SMILES string of the molecule is CCC(Nc1ccccc1C)c1ccc(Cl)cc1. The third-order valence-electron chi connectivity index (χ3n) is 3.16. The zero-order valence-electron chi connectivity index (χ0n) is 10.8. The van der Waals surface area contributed by atoms with Crippen molar-refractivity contribution in [2.45, 2.75) is 26.3 Å². The largest absolute Gasteiger partial charge is 0.378 e. The number of rotatable bonds is 4. The Bertz CT molecular complexity index is 505. The van der Waals surface area contributed by atoms with Gasteiger partial charge in [-0.2, -0.15) is 0 Å². The van der Waals surface area contributed by atoms with Crippen LogP contribution in [0.25, 0.3) is 0 Å². The van der Waals surface area contributed by atoms with Gasteiger partial charge in [0.1, 0.15) is 0 Å². The van der Waals surface area contributed by atoms with Crippen LogP contribution in [-0.2, 0) is 0 Å². The van der Waals surface area contributed by atoms with Crippen LogP contribution in [0.3, 0.4) is 0 Å². The van der Waals surface area contributed by atoms with E-state index >= 15 is 0 Å². The Labute approximate surface area is 114 Å². The molecule has 0 aliphatic heterocycles. The molecule has 0 fully saturated rings. The molecule has 0 amide bonds. The van der Waals surface area contributed by atoms with E-state index in [2.05, 4.69) is 55.6 Å². The molecule has 0 saturated heterocycles. The molecule has 0 heterocycles. The molecule has 94 valence electrons. The zero-order valence-corrected chi connectivity index (χ0v) is 11.5. The van der Waals surface area contributed by atoms with Crippen LogP contribution >= 0.6 is 11.6 Å². The van der Waals surface area contributed by atoms with Gasteiger partial charge in [0.2, 0.25) is 0 Å². The minimum absolute atomic E-state index is 0.323. The third kappa shape index (κ3) is 3.05. The van der Waals surface area contributed by atoms with Crippen LogP contribution in [0.5, 0.6) is 0 Å². The summed E-state index contributed by atoms with van der Waals surface area (Å²) in [7, 11) is 0. The van der Waals surface area contributed by atoms with E-state index in [9.17, 15) is 0 Å². The minimum atomic E-state index is 0.323. The molecule has 0 saturated carbocycles. The van der Waals surface area contributed by atoms with Gasteiger partial charge in [-0.3, -0.25) is 0 Å². The molecule has 1 atom stereocenters. The van der Waals surface area contributed by atoms with Crippen LogP contribution in [0.2, 0.25) is 5.02 Å². The predicted octanol–water partition coefficient (Wildman–Crippen LogP) is 5.21. The smallest absolute Gasteiger partial charge is 0.0511 e. The number of nitrogens with one attached hydrogen (secondary N) is 1. The van der Waals surface area contributed by atoms with Crippen LogP contribution in [0, 0.1) is 6.92 Å². The summed E-state index contributed by atoms with van der Waals surface area (Å²) in [6.45, 7) is 4.31. The van der Waals surface area contributed by atoms with E-state index in [0.717, 1.165) is 11.4 Å². The lowest BCUT2D eigenvalue weighted by atomic mass is 10.0. The summed E-state index contributed by atoms with van der Waals surface area (Å²) < 4.78 is 0. The molecule has 1 unspecified atom stereocenters. The van der Waals surface area contributed by atoms with Gasteiger partial charge in [0.25, 0.3) is 0 Å². The summed E-state index contributed by atoms with van der Waals surface area (Å²) in [6, 6.07) is 16.7. The number of benzene rings is 2. The van der Waals surface area contributed by atoms with Crippen LogP contribution in [0.1, 0.15) is 30.5 Å². The van der Waals surface area contributed by atoms with E-state index in [4.69, 9.17) is 11.6 Å². The molecule has 0 bridgehead atoms. The topological polar surface area (TPSA) is 12.0 Å². The van der Waals surface area contributed by atoms with Gasteiger partial charge in [-0.05, 0) is 42.7 Å². The molecule has 2 aromatic rings. The summed E-state index contributed by atoms with van der Waals surface area (Å²) in [5, 5.41) is 4.37. The normalized spacial score (nSPS) is 12.2. The highest BCUT2D eigenvalue weighted by Crippen LogP contribution is 2.25. The first-order valence-corrected chi connectivity index (χ1v) is 6.66. The fourth-order valence-electron chi connectivity index (χ4n) is 2.04. The van der Waals surface area contributed by atoms with E-state index in [1.165, 1.54) is 16.8 Å². The van der Waals surface area contributed by atoms with Crippen molar-refractivity contribution in [2.24, 2.45) is 0 Å². The second-order valence-corrected chi connectivity index (χ2v) is 4.91. The van der Waals surface area contributed by atoms with Crippen molar-refractivity contribution in [3.63, 3.8) is 0 Å². The lowest BCUT2D eigenvalue weighted by molar-refractivity contribution is 0.748. The van der Waals surface area contributed by atoms with Crippen molar-refractivity contribution < 1.29 is 0 Å². The molecule has 1 nitrogen and oxygen atoms in total. The summed E-state index contributed by atoms with van der Waals surface area (Å²) in [6.07, 6.45) is 1.04. The number of hydrogen-bond acceptors (Lipinski definition) is 1. The van der Waals surface area contributed by atoms with Crippen molar-refractivity contribution in [1.82, 2.24) is 0 Å². The highest BCUT2D eigenvalue weighted by Gasteiger charge is 2.09. The molecule has 0 radical (unpaired) electrons. The summed E-state index contributed by atoms with van der Waals surface area (Å²) in [4.78, 5) is 0. The Kier molecular flexibility index (Phi) is 4.27. The molecule has 0 spiro atoms. The molecule has 1 N–H and O–H groups in total. The molecule has 0 aliphatic carbocycles. The van der Waals surface area contributed by atoms with Crippen LogP contribution in [-0.4, -0.2) is 0 Å². The Morgan fingerprint density at radius 1 is 1.06 bits per heavy atom. The Morgan fingerprint density at radius 2 is 1.72 bits per heavy atom. The predicted molar refractivity (Wildman–Crippen MR) is 79.3 cm³/mol. The van der Waals surface area contributed by atoms with Crippen LogP contribution < -0.4 is 5.32 Å². The summed E-state index contributed by atoms with van der Waals surface area (Å²) >= 11 is 5.92. The quantitative estimate of drug-likeness (QED) is 0.795. The van der Waals surface area contributed by atoms with Gasteiger partial charge >= 0.3 is 0 Å². The second-order valence-electron chi connectivity index (χ2n) is 4.47. The van der Waals surface area contributed by atoms with E-state index in [1.54, 1.807) is 0 Å². The second kappa shape index (κ2) is 5.92. The third-order valence-corrected chi connectivity index (χ3v) is 3.41. The monoisotopic (exact) mass is 259 g/mol. The van der Waals surface area contributed by atoms with Crippen molar-refractivity contribution in [3.8, 4) is 0 Å². The van der Waals surface area contributed by atoms with Crippen molar-refractivity contribution >= 4 is 17.3 Å². The fraction of sp³-hybridized carbons (Fsp3) is 0.250. The highest BCUT2D eigenvalue weighted by molar-refractivity contribution is 6.30. The number of para-hydroxylation sites is 1. The van der Waals surface area contributed by atoms with Gasteiger partial charge in [0.15, 0.2) is 0 Å². The first-order valence-electron chi connectivity index (χ1n) is 6.28. The van der Waals surface area contributed by atoms with E-state index in [0.29, 0.717) is 6.04 Å². The highest BCUT2D eigenvalue weighted by atomic mass is 35.5. The lowest BCUT2D eigenvalue weighted by Gasteiger charge is -2.20. The van der Waals surface area contributed by atoms with Gasteiger partial charge in [-0.25, -0.2) is 0 Å². The maximum absolute atomic E-state index is 5.92.